The Hall–Kier alpha value is -2.06. The zero-order valence-electron chi connectivity index (χ0n) is 10.8. The van der Waals surface area contributed by atoms with Gasteiger partial charge in [-0.15, -0.1) is 5.92 Å². The molecule has 0 amide bonds. The molecule has 1 aromatic rings. The van der Waals surface area contributed by atoms with Crippen molar-refractivity contribution < 1.29 is 9.66 Å². The first-order valence-electron chi connectivity index (χ1n) is 6.24. The van der Waals surface area contributed by atoms with Crippen LogP contribution in [0.15, 0.2) is 18.2 Å². The van der Waals surface area contributed by atoms with Crippen molar-refractivity contribution in [2.45, 2.75) is 32.4 Å². The molecule has 1 N–H and O–H groups in total. The number of nitro benzene ring substituents is 1. The number of hydrogen-bond acceptors (Lipinski definition) is 4. The summed E-state index contributed by atoms with van der Waals surface area (Å²) in [4.78, 5) is 10.5. The van der Waals surface area contributed by atoms with E-state index in [2.05, 4.69) is 17.2 Å². The molecule has 1 aromatic carbocycles. The molecule has 0 aromatic heterocycles. The topological polar surface area (TPSA) is 64.4 Å². The second-order valence-corrected chi connectivity index (χ2v) is 4.43. The minimum absolute atomic E-state index is 0.0203. The molecule has 0 atom stereocenters. The van der Waals surface area contributed by atoms with Crippen molar-refractivity contribution in [1.29, 1.82) is 0 Å². The summed E-state index contributed by atoms with van der Waals surface area (Å²) in [5.41, 5.74) is 0.963. The van der Waals surface area contributed by atoms with Crippen LogP contribution in [-0.4, -0.2) is 17.6 Å². The van der Waals surface area contributed by atoms with Gasteiger partial charge in [0.15, 0.2) is 5.75 Å². The van der Waals surface area contributed by atoms with Crippen LogP contribution in [0.3, 0.4) is 0 Å². The SMILES string of the molecule is CC#CCOc1cc(CNC2CC2)ccc1[N+](=O)[O-]. The Labute approximate surface area is 112 Å². The second-order valence-electron chi connectivity index (χ2n) is 4.43. The molecule has 1 aliphatic carbocycles. The molecule has 0 spiro atoms. The van der Waals surface area contributed by atoms with Gasteiger partial charge >= 0.3 is 5.69 Å². The van der Waals surface area contributed by atoms with Gasteiger partial charge in [0.1, 0.15) is 6.61 Å². The summed E-state index contributed by atoms with van der Waals surface area (Å²) in [6, 6.07) is 5.56. The van der Waals surface area contributed by atoms with Crippen LogP contribution in [0.4, 0.5) is 5.69 Å². The Morgan fingerprint density at radius 2 is 2.32 bits per heavy atom. The molecular formula is C14H16N2O3. The molecule has 2 rings (SSSR count). The Balaban J connectivity index is 2.09. The minimum Gasteiger partial charge on any atom is -0.474 e. The van der Waals surface area contributed by atoms with Gasteiger partial charge in [-0.2, -0.15) is 0 Å². The van der Waals surface area contributed by atoms with Crippen LogP contribution in [0.25, 0.3) is 0 Å². The zero-order chi connectivity index (χ0) is 13.7. The fourth-order valence-corrected chi connectivity index (χ4v) is 1.67. The summed E-state index contributed by atoms with van der Waals surface area (Å²) in [6.45, 7) is 2.57. The lowest BCUT2D eigenvalue weighted by Crippen LogP contribution is -2.15. The van der Waals surface area contributed by atoms with Crippen LogP contribution < -0.4 is 10.1 Å². The summed E-state index contributed by atoms with van der Waals surface area (Å²) in [5, 5.41) is 14.3. The Bertz CT molecular complexity index is 527. The standard InChI is InChI=1S/C14H16N2O3/c1-2-3-8-19-14-9-11(10-15-12-5-6-12)4-7-13(14)16(17)18/h4,7,9,12,15H,5-6,8,10H2,1H3. The van der Waals surface area contributed by atoms with Crippen LogP contribution in [-0.2, 0) is 6.54 Å². The van der Waals surface area contributed by atoms with Gasteiger partial charge in [0.05, 0.1) is 4.92 Å². The molecule has 19 heavy (non-hydrogen) atoms. The molecule has 0 bridgehead atoms. The van der Waals surface area contributed by atoms with Gasteiger partial charge in [0.25, 0.3) is 0 Å². The average Bonchev–Trinajstić information content (AvgIpc) is 3.20. The predicted octanol–water partition coefficient (Wildman–Crippen LogP) is 2.25. The first kappa shape index (κ1) is 13.4. The summed E-state index contributed by atoms with van der Waals surface area (Å²) >= 11 is 0. The van der Waals surface area contributed by atoms with Gasteiger partial charge < -0.3 is 10.1 Å². The zero-order valence-corrected chi connectivity index (χ0v) is 10.8. The van der Waals surface area contributed by atoms with Crippen molar-refractivity contribution in [3.8, 4) is 17.6 Å². The summed E-state index contributed by atoms with van der Waals surface area (Å²) < 4.78 is 5.36. The van der Waals surface area contributed by atoms with Gasteiger partial charge in [0.2, 0.25) is 0 Å². The first-order chi connectivity index (χ1) is 9.20. The van der Waals surface area contributed by atoms with E-state index in [1.54, 1.807) is 19.1 Å². The molecule has 0 heterocycles. The third-order valence-corrected chi connectivity index (χ3v) is 2.87. The Kier molecular flexibility index (Phi) is 4.37. The molecule has 100 valence electrons. The Morgan fingerprint density at radius 3 is 2.95 bits per heavy atom. The van der Waals surface area contributed by atoms with Gasteiger partial charge in [-0.1, -0.05) is 12.0 Å². The molecule has 1 fully saturated rings. The number of benzene rings is 1. The van der Waals surface area contributed by atoms with Crippen molar-refractivity contribution >= 4 is 5.69 Å². The molecule has 1 aliphatic rings. The van der Waals surface area contributed by atoms with Crippen molar-refractivity contribution in [1.82, 2.24) is 5.32 Å². The smallest absolute Gasteiger partial charge is 0.310 e. The third-order valence-electron chi connectivity index (χ3n) is 2.87. The lowest BCUT2D eigenvalue weighted by Gasteiger charge is -2.07. The lowest BCUT2D eigenvalue weighted by molar-refractivity contribution is -0.385. The van der Waals surface area contributed by atoms with Gasteiger partial charge in [-0.25, -0.2) is 0 Å². The molecule has 0 aliphatic heterocycles. The number of ether oxygens (including phenoxy) is 1. The van der Waals surface area contributed by atoms with E-state index in [9.17, 15) is 10.1 Å². The van der Waals surface area contributed by atoms with Crippen molar-refractivity contribution in [3.05, 3.63) is 33.9 Å². The van der Waals surface area contributed by atoms with Gasteiger partial charge in [0, 0.05) is 18.7 Å². The molecular weight excluding hydrogens is 244 g/mol. The van der Waals surface area contributed by atoms with Gasteiger partial charge in [-0.05, 0) is 31.4 Å². The number of hydrogen-bond donors (Lipinski definition) is 1. The Morgan fingerprint density at radius 1 is 1.53 bits per heavy atom. The maximum absolute atomic E-state index is 10.9. The van der Waals surface area contributed by atoms with Crippen LogP contribution >= 0.6 is 0 Å². The summed E-state index contributed by atoms with van der Waals surface area (Å²) in [5.74, 6) is 5.70. The van der Waals surface area contributed by atoms with E-state index >= 15 is 0 Å². The molecule has 0 saturated heterocycles. The third kappa shape index (κ3) is 3.97. The normalized spacial score (nSPS) is 13.5. The fourth-order valence-electron chi connectivity index (χ4n) is 1.67. The molecule has 0 unspecified atom stereocenters. The van der Waals surface area contributed by atoms with E-state index in [1.165, 1.54) is 18.9 Å². The molecule has 1 saturated carbocycles. The monoisotopic (exact) mass is 260 g/mol. The maximum Gasteiger partial charge on any atom is 0.310 e. The second kappa shape index (κ2) is 6.21. The predicted molar refractivity (Wildman–Crippen MR) is 71.9 cm³/mol. The highest BCUT2D eigenvalue weighted by atomic mass is 16.6. The quantitative estimate of drug-likeness (QED) is 0.484. The van der Waals surface area contributed by atoms with E-state index in [0.29, 0.717) is 12.6 Å². The number of nitrogens with zero attached hydrogens (tertiary/aromatic N) is 1. The van der Waals surface area contributed by atoms with E-state index in [0.717, 1.165) is 5.56 Å². The van der Waals surface area contributed by atoms with E-state index in [1.807, 2.05) is 0 Å². The van der Waals surface area contributed by atoms with Crippen LogP contribution in [0.5, 0.6) is 5.75 Å². The highest BCUT2D eigenvalue weighted by Crippen LogP contribution is 2.28. The van der Waals surface area contributed by atoms with E-state index < -0.39 is 4.92 Å². The summed E-state index contributed by atoms with van der Waals surface area (Å²) in [7, 11) is 0. The first-order valence-corrected chi connectivity index (χ1v) is 6.24. The van der Waals surface area contributed by atoms with Crippen LogP contribution in [0.1, 0.15) is 25.3 Å². The number of nitro groups is 1. The average molecular weight is 260 g/mol. The van der Waals surface area contributed by atoms with Crippen LogP contribution in [0, 0.1) is 22.0 Å². The minimum atomic E-state index is -0.438. The lowest BCUT2D eigenvalue weighted by atomic mass is 10.2. The largest absolute Gasteiger partial charge is 0.474 e. The highest BCUT2D eigenvalue weighted by Gasteiger charge is 2.21. The number of rotatable bonds is 6. The summed E-state index contributed by atoms with van der Waals surface area (Å²) in [6.07, 6.45) is 2.42. The van der Waals surface area contributed by atoms with Crippen molar-refractivity contribution in [2.24, 2.45) is 0 Å². The van der Waals surface area contributed by atoms with Crippen molar-refractivity contribution in [2.75, 3.05) is 6.61 Å². The molecule has 5 nitrogen and oxygen atoms in total. The highest BCUT2D eigenvalue weighted by molar-refractivity contribution is 5.48. The van der Waals surface area contributed by atoms with E-state index in [4.69, 9.17) is 4.74 Å². The maximum atomic E-state index is 10.9. The molecule has 0 radical (unpaired) electrons. The fraction of sp³-hybridized carbons (Fsp3) is 0.429. The van der Waals surface area contributed by atoms with Crippen LogP contribution in [0.2, 0.25) is 0 Å². The molecule has 5 heteroatoms. The van der Waals surface area contributed by atoms with Gasteiger partial charge in [-0.3, -0.25) is 10.1 Å². The van der Waals surface area contributed by atoms with Crippen molar-refractivity contribution in [3.63, 3.8) is 0 Å². The number of nitrogens with one attached hydrogen (secondary N) is 1. The van der Waals surface area contributed by atoms with E-state index in [-0.39, 0.29) is 18.0 Å².